The summed E-state index contributed by atoms with van der Waals surface area (Å²) in [6.07, 6.45) is 1.42. The monoisotopic (exact) mass is 539 g/mol. The smallest absolute Gasteiger partial charge is 0.309 e. The summed E-state index contributed by atoms with van der Waals surface area (Å²) in [5.74, 6) is -1.83. The lowest BCUT2D eigenvalue weighted by molar-refractivity contribution is -0.162. The van der Waals surface area contributed by atoms with E-state index in [0.717, 1.165) is 5.57 Å². The van der Waals surface area contributed by atoms with Gasteiger partial charge >= 0.3 is 5.97 Å². The van der Waals surface area contributed by atoms with Crippen LogP contribution >= 0.6 is 11.3 Å². The van der Waals surface area contributed by atoms with Gasteiger partial charge < -0.3 is 19.7 Å². The van der Waals surface area contributed by atoms with E-state index in [-0.39, 0.29) is 30.5 Å². The van der Waals surface area contributed by atoms with Gasteiger partial charge in [-0.05, 0) is 61.5 Å². The molecule has 1 aliphatic carbocycles. The van der Waals surface area contributed by atoms with Crippen molar-refractivity contribution in [1.29, 1.82) is 0 Å². The molecule has 1 aromatic rings. The Labute approximate surface area is 223 Å². The number of nitrogens with zero attached hydrogens (tertiary/aromatic N) is 1. The molecule has 2 bridgehead atoms. The lowest BCUT2D eigenvalue weighted by Gasteiger charge is -2.46. The molecule has 7 nitrogen and oxygen atoms in total. The summed E-state index contributed by atoms with van der Waals surface area (Å²) in [6, 6.07) is 0. The van der Waals surface area contributed by atoms with Crippen LogP contribution in [0.25, 0.3) is 6.08 Å². The Morgan fingerprint density at radius 3 is 2.65 bits per heavy atom. The molecule has 3 rings (SSSR count). The first-order valence-electron chi connectivity index (χ1n) is 13.2. The lowest BCUT2D eigenvalue weighted by Crippen LogP contribution is -2.54. The normalized spacial score (nSPS) is 38.6. The SMILES string of the molecule is COc1nc(/C=C(\C)[C@@H]2C[C@H](C)[C@@](C)(CF)CCC[C@@H]3C[C@@](C)(C(=O)[C@H](C)[C@H]3O)C(O)CC(=O)O2)cs1. The van der Waals surface area contributed by atoms with Crippen LogP contribution in [-0.2, 0) is 14.3 Å². The Bertz CT molecular complexity index is 997. The molecular formula is C28H42FNO6S. The molecule has 9 heteroatoms. The number of cyclic esters (lactones) is 1. The van der Waals surface area contributed by atoms with Crippen LogP contribution < -0.4 is 4.74 Å². The number of esters is 1. The van der Waals surface area contributed by atoms with Crippen LogP contribution in [-0.4, -0.2) is 59.0 Å². The minimum Gasteiger partial charge on any atom is -0.473 e. The first-order chi connectivity index (χ1) is 17.3. The van der Waals surface area contributed by atoms with E-state index in [2.05, 4.69) is 4.98 Å². The largest absolute Gasteiger partial charge is 0.473 e. The van der Waals surface area contributed by atoms with E-state index in [1.165, 1.54) is 11.3 Å². The van der Waals surface area contributed by atoms with Crippen LogP contribution in [0, 0.1) is 28.6 Å². The summed E-state index contributed by atoms with van der Waals surface area (Å²) in [7, 11) is 1.55. The zero-order valence-corrected chi connectivity index (χ0v) is 23.6. The number of fused-ring (bicyclic) bond motifs is 2. The number of aliphatic hydroxyl groups is 2. The van der Waals surface area contributed by atoms with Gasteiger partial charge in [-0.3, -0.25) is 14.0 Å². The molecule has 2 N–H and O–H groups in total. The maximum Gasteiger partial charge on any atom is 0.309 e. The molecule has 1 aliphatic heterocycles. The molecule has 1 unspecified atom stereocenters. The first kappa shape index (κ1) is 29.7. The van der Waals surface area contributed by atoms with Gasteiger partial charge in [-0.15, -0.1) is 0 Å². The van der Waals surface area contributed by atoms with E-state index in [1.54, 1.807) is 21.0 Å². The fourth-order valence-electron chi connectivity index (χ4n) is 5.91. The van der Waals surface area contributed by atoms with Crippen molar-refractivity contribution < 1.29 is 33.7 Å². The summed E-state index contributed by atoms with van der Waals surface area (Å²) in [4.78, 5) is 30.6. The fourth-order valence-corrected chi connectivity index (χ4v) is 6.51. The van der Waals surface area contributed by atoms with Crippen molar-refractivity contribution in [2.45, 2.75) is 91.5 Å². The second kappa shape index (κ2) is 11.9. The molecule has 0 amide bonds. The number of aromatic nitrogens is 1. The Kier molecular flexibility index (Phi) is 9.56. The molecule has 1 aromatic heterocycles. The summed E-state index contributed by atoms with van der Waals surface area (Å²) < 4.78 is 25.5. The van der Waals surface area contributed by atoms with Gasteiger partial charge in [0.25, 0.3) is 5.19 Å². The lowest BCUT2D eigenvalue weighted by atomic mass is 9.60. The minimum atomic E-state index is -1.23. The number of halogens is 1. The highest BCUT2D eigenvalue weighted by Crippen LogP contribution is 2.46. The number of thiazole rings is 1. The highest BCUT2D eigenvalue weighted by molar-refractivity contribution is 7.11. The van der Waals surface area contributed by atoms with Crippen LogP contribution in [0.1, 0.15) is 78.8 Å². The molecule has 2 heterocycles. The maximum absolute atomic E-state index is 14.5. The Morgan fingerprint density at radius 1 is 1.32 bits per heavy atom. The topological polar surface area (TPSA) is 106 Å². The van der Waals surface area contributed by atoms with Crippen LogP contribution in [0.5, 0.6) is 5.19 Å². The van der Waals surface area contributed by atoms with E-state index in [4.69, 9.17) is 9.47 Å². The third-order valence-corrected chi connectivity index (χ3v) is 9.79. The summed E-state index contributed by atoms with van der Waals surface area (Å²) >= 11 is 1.36. The second-order valence-corrected chi connectivity index (χ2v) is 12.5. The number of hydrogen-bond donors (Lipinski definition) is 2. The number of carbonyl (C=O) groups excluding carboxylic acids is 2. The third kappa shape index (κ3) is 6.42. The Balaban J connectivity index is 1.94. The first-order valence-corrected chi connectivity index (χ1v) is 14.1. The maximum atomic E-state index is 14.5. The van der Waals surface area contributed by atoms with Crippen molar-refractivity contribution in [3.05, 3.63) is 16.6 Å². The molecule has 8 atom stereocenters. The number of methoxy groups -OCH3 is 1. The zero-order chi connectivity index (χ0) is 27.5. The highest BCUT2D eigenvalue weighted by Gasteiger charge is 2.52. The summed E-state index contributed by atoms with van der Waals surface area (Å²) in [5.41, 5.74) is -0.369. The van der Waals surface area contributed by atoms with Gasteiger partial charge in [0, 0.05) is 11.3 Å². The van der Waals surface area contributed by atoms with Crippen LogP contribution in [0.15, 0.2) is 11.0 Å². The van der Waals surface area contributed by atoms with E-state index in [1.807, 2.05) is 32.2 Å². The number of ketones is 1. The Morgan fingerprint density at radius 2 is 2.03 bits per heavy atom. The molecule has 37 heavy (non-hydrogen) atoms. The van der Waals surface area contributed by atoms with Crippen molar-refractivity contribution in [3.63, 3.8) is 0 Å². The third-order valence-electron chi connectivity index (χ3n) is 8.97. The van der Waals surface area contributed by atoms with Crippen LogP contribution in [0.4, 0.5) is 4.39 Å². The van der Waals surface area contributed by atoms with Crippen molar-refractivity contribution >= 4 is 29.2 Å². The van der Waals surface area contributed by atoms with Gasteiger partial charge in [0.2, 0.25) is 0 Å². The van der Waals surface area contributed by atoms with Gasteiger partial charge in [-0.25, -0.2) is 4.98 Å². The summed E-state index contributed by atoms with van der Waals surface area (Å²) in [5, 5.41) is 24.3. The molecule has 0 aromatic carbocycles. The van der Waals surface area contributed by atoms with E-state index < -0.39 is 47.7 Å². The molecule has 2 aliphatic rings. The average molecular weight is 540 g/mol. The van der Waals surface area contributed by atoms with E-state index in [0.29, 0.717) is 36.6 Å². The van der Waals surface area contributed by atoms with Gasteiger partial charge in [-0.2, -0.15) is 0 Å². The number of aliphatic hydroxyl groups excluding tert-OH is 2. The molecule has 0 spiro atoms. The zero-order valence-electron chi connectivity index (χ0n) is 22.8. The molecule has 1 saturated heterocycles. The minimum absolute atomic E-state index is 0.112. The number of hydrogen-bond acceptors (Lipinski definition) is 8. The van der Waals surface area contributed by atoms with Crippen molar-refractivity contribution in [1.82, 2.24) is 4.98 Å². The molecule has 208 valence electrons. The standard InChI is InChI=1S/C28H42FNO6S/c1-16(10-20-14-37-26(30-20)35-6)21-11-17(2)27(4,15-29)9-7-8-19-13-28(5,22(31)12-23(32)36-21)25(34)18(3)24(19)33/h10,14,17-19,21-22,24,31,33H,7-9,11-13,15H2,1-6H3/b16-10+/t17-,18+,19+,21-,22?,24+,27+,28+/m0/s1. The molecule has 1 saturated carbocycles. The predicted molar refractivity (Wildman–Crippen MR) is 141 cm³/mol. The molecule has 0 radical (unpaired) electrons. The number of ether oxygens (including phenoxy) is 2. The van der Waals surface area contributed by atoms with Crippen LogP contribution in [0.3, 0.4) is 0 Å². The number of Topliss-reactive ketones (excluding diaryl/α,β-unsaturated/α-hetero) is 1. The van der Waals surface area contributed by atoms with E-state index >= 15 is 0 Å². The quantitative estimate of drug-likeness (QED) is 0.519. The Hall–Kier alpha value is -1.84. The van der Waals surface area contributed by atoms with Gasteiger partial charge in [0.1, 0.15) is 11.9 Å². The number of rotatable bonds is 4. The van der Waals surface area contributed by atoms with Gasteiger partial charge in [-0.1, -0.05) is 45.5 Å². The van der Waals surface area contributed by atoms with Gasteiger partial charge in [0.15, 0.2) is 0 Å². The van der Waals surface area contributed by atoms with Crippen molar-refractivity contribution in [2.75, 3.05) is 13.8 Å². The molecule has 2 fully saturated rings. The average Bonchev–Trinajstić information content (AvgIpc) is 3.31. The predicted octanol–water partition coefficient (Wildman–Crippen LogP) is 5.00. The van der Waals surface area contributed by atoms with E-state index in [9.17, 15) is 24.2 Å². The van der Waals surface area contributed by atoms with Crippen molar-refractivity contribution in [3.8, 4) is 5.19 Å². The summed E-state index contributed by atoms with van der Waals surface area (Å²) in [6.45, 7) is 8.59. The molecular weight excluding hydrogens is 497 g/mol. The van der Waals surface area contributed by atoms with Crippen molar-refractivity contribution in [2.24, 2.45) is 28.6 Å². The fraction of sp³-hybridized carbons (Fsp3) is 0.750. The highest BCUT2D eigenvalue weighted by atomic mass is 32.1. The van der Waals surface area contributed by atoms with Crippen LogP contribution in [0.2, 0.25) is 0 Å². The van der Waals surface area contributed by atoms with Gasteiger partial charge in [0.05, 0.1) is 43.5 Å². The number of alkyl halides is 1. The second-order valence-electron chi connectivity index (χ2n) is 11.7. The number of carbonyl (C=O) groups is 2.